The van der Waals surface area contributed by atoms with Gasteiger partial charge in [-0.1, -0.05) is 35.9 Å². The maximum Gasteiger partial charge on any atom is 0.248 e. The second kappa shape index (κ2) is 4.28. The Hall–Kier alpha value is -1.03. The molecule has 5 heteroatoms. The summed E-state index contributed by atoms with van der Waals surface area (Å²) in [6.07, 6.45) is 5.85. The predicted molar refractivity (Wildman–Crippen MR) is 83.6 cm³/mol. The summed E-state index contributed by atoms with van der Waals surface area (Å²) in [6.45, 7) is 0.737. The van der Waals surface area contributed by atoms with E-state index in [1.54, 1.807) is 0 Å². The third-order valence-electron chi connectivity index (χ3n) is 5.74. The fourth-order valence-electron chi connectivity index (χ4n) is 4.66. The number of alkyl halides is 1. The highest BCUT2D eigenvalue weighted by Crippen LogP contribution is 2.57. The van der Waals surface area contributed by atoms with Crippen LogP contribution in [0.1, 0.15) is 12.0 Å². The standard InChI is InChI=1S/C17H15Cl2NO2/c18-12-5-3-11(4-6-12)17-15(19)16(21)20(17)8-13-9-1-2-10(7-9)14(13)22-17/h1-6,9-10,13-15H,7-8H2/t9-,10+,13+,14-,15+,17-/m0/s1. The van der Waals surface area contributed by atoms with Crippen LogP contribution >= 0.6 is 23.2 Å². The molecule has 1 amide bonds. The minimum atomic E-state index is -0.817. The molecule has 0 N–H and O–H groups in total. The second-order valence-corrected chi connectivity index (χ2v) is 7.58. The summed E-state index contributed by atoms with van der Waals surface area (Å²) in [6, 6.07) is 7.49. The second-order valence-electron chi connectivity index (χ2n) is 6.71. The van der Waals surface area contributed by atoms with E-state index >= 15 is 0 Å². The minimum Gasteiger partial charge on any atom is -0.345 e. The van der Waals surface area contributed by atoms with Gasteiger partial charge in [0.2, 0.25) is 5.91 Å². The minimum absolute atomic E-state index is 0.0261. The molecular weight excluding hydrogens is 321 g/mol. The number of β-lactam (4-membered cyclic amide) rings is 1. The summed E-state index contributed by atoms with van der Waals surface area (Å²) >= 11 is 12.4. The highest BCUT2D eigenvalue weighted by atomic mass is 35.5. The van der Waals surface area contributed by atoms with Gasteiger partial charge in [-0.05, 0) is 24.5 Å². The average molecular weight is 336 g/mol. The summed E-state index contributed by atoms with van der Waals surface area (Å²) in [5.74, 6) is 1.38. The Labute approximate surface area is 138 Å². The van der Waals surface area contributed by atoms with Crippen molar-refractivity contribution in [1.82, 2.24) is 4.90 Å². The van der Waals surface area contributed by atoms with Crippen LogP contribution in [0.4, 0.5) is 0 Å². The van der Waals surface area contributed by atoms with Gasteiger partial charge >= 0.3 is 0 Å². The maximum atomic E-state index is 12.3. The van der Waals surface area contributed by atoms with E-state index in [-0.39, 0.29) is 12.0 Å². The van der Waals surface area contributed by atoms with Crippen molar-refractivity contribution < 1.29 is 9.53 Å². The van der Waals surface area contributed by atoms with Crippen molar-refractivity contribution >= 4 is 29.1 Å². The van der Waals surface area contributed by atoms with Crippen LogP contribution in [-0.2, 0) is 15.3 Å². The van der Waals surface area contributed by atoms with Crippen molar-refractivity contribution in [1.29, 1.82) is 0 Å². The van der Waals surface area contributed by atoms with E-state index in [9.17, 15) is 4.79 Å². The van der Waals surface area contributed by atoms with Crippen molar-refractivity contribution in [3.8, 4) is 0 Å². The van der Waals surface area contributed by atoms with Crippen LogP contribution in [0, 0.1) is 17.8 Å². The molecule has 4 aliphatic rings. The van der Waals surface area contributed by atoms with Crippen molar-refractivity contribution in [3.63, 3.8) is 0 Å². The molecule has 1 aromatic carbocycles. The molecule has 0 aromatic heterocycles. The Morgan fingerprint density at radius 3 is 2.68 bits per heavy atom. The topological polar surface area (TPSA) is 29.5 Å². The molecule has 2 heterocycles. The molecule has 3 nitrogen and oxygen atoms in total. The molecule has 2 aliphatic heterocycles. The number of nitrogens with zero attached hydrogens (tertiary/aromatic N) is 1. The number of carbonyl (C=O) groups excluding carboxylic acids is 1. The average Bonchev–Trinajstić information content (AvgIpc) is 3.15. The smallest absolute Gasteiger partial charge is 0.248 e. The SMILES string of the molecule is O=C1[C@@H](Cl)[C@]2(c3ccc(Cl)cc3)O[C@@H]3[C@H](CN12)[C@H]1C=C[C@@H]3C1. The lowest BCUT2D eigenvalue weighted by atomic mass is 9.80. The van der Waals surface area contributed by atoms with E-state index in [4.69, 9.17) is 27.9 Å². The van der Waals surface area contributed by atoms with Crippen molar-refractivity contribution in [2.45, 2.75) is 23.6 Å². The van der Waals surface area contributed by atoms with E-state index in [1.165, 1.54) is 0 Å². The third-order valence-corrected chi connectivity index (χ3v) is 6.47. The van der Waals surface area contributed by atoms with Crippen LogP contribution in [0.5, 0.6) is 0 Å². The maximum absolute atomic E-state index is 12.3. The molecule has 114 valence electrons. The normalized spacial score (nSPS) is 44.7. The van der Waals surface area contributed by atoms with Crippen LogP contribution in [0.25, 0.3) is 0 Å². The highest BCUT2D eigenvalue weighted by Gasteiger charge is 2.68. The Morgan fingerprint density at radius 1 is 1.18 bits per heavy atom. The van der Waals surface area contributed by atoms with Gasteiger partial charge in [0.05, 0.1) is 6.10 Å². The van der Waals surface area contributed by atoms with Gasteiger partial charge < -0.3 is 9.64 Å². The van der Waals surface area contributed by atoms with Crippen molar-refractivity contribution in [2.75, 3.05) is 6.54 Å². The lowest BCUT2D eigenvalue weighted by Gasteiger charge is -2.61. The first kappa shape index (κ1) is 13.4. The zero-order valence-electron chi connectivity index (χ0n) is 11.8. The Kier molecular flexibility index (Phi) is 2.61. The quantitative estimate of drug-likeness (QED) is 0.448. The van der Waals surface area contributed by atoms with E-state index in [0.29, 0.717) is 22.8 Å². The molecule has 1 aromatic rings. The Morgan fingerprint density at radius 2 is 1.91 bits per heavy atom. The monoisotopic (exact) mass is 335 g/mol. The molecule has 6 atom stereocenters. The van der Waals surface area contributed by atoms with Gasteiger partial charge in [0, 0.05) is 29.0 Å². The summed E-state index contributed by atoms with van der Waals surface area (Å²) in [5.41, 5.74) is 0.101. The number of fused-ring (bicyclic) bond motifs is 6. The summed E-state index contributed by atoms with van der Waals surface area (Å²) in [5, 5.41) is 0.0118. The van der Waals surface area contributed by atoms with E-state index in [0.717, 1.165) is 18.5 Å². The third kappa shape index (κ3) is 1.45. The van der Waals surface area contributed by atoms with E-state index < -0.39 is 11.1 Å². The molecule has 2 saturated heterocycles. The van der Waals surface area contributed by atoms with E-state index in [2.05, 4.69) is 12.2 Å². The molecule has 5 rings (SSSR count). The summed E-state index contributed by atoms with van der Waals surface area (Å²) < 4.78 is 6.52. The van der Waals surface area contributed by atoms with Gasteiger partial charge in [0.25, 0.3) is 0 Å². The first-order valence-corrected chi connectivity index (χ1v) is 8.50. The summed E-state index contributed by atoms with van der Waals surface area (Å²) in [4.78, 5) is 14.1. The van der Waals surface area contributed by atoms with Crippen LogP contribution < -0.4 is 0 Å². The summed E-state index contributed by atoms with van der Waals surface area (Å²) in [7, 11) is 0. The molecular formula is C17H15Cl2NO2. The van der Waals surface area contributed by atoms with Crippen LogP contribution in [0.15, 0.2) is 36.4 Å². The van der Waals surface area contributed by atoms with Crippen molar-refractivity contribution in [2.24, 2.45) is 17.8 Å². The number of hydrogen-bond donors (Lipinski definition) is 0. The largest absolute Gasteiger partial charge is 0.345 e. The van der Waals surface area contributed by atoms with Crippen molar-refractivity contribution in [3.05, 3.63) is 47.0 Å². The van der Waals surface area contributed by atoms with Gasteiger partial charge in [-0.2, -0.15) is 0 Å². The first-order chi connectivity index (χ1) is 10.6. The lowest BCUT2D eigenvalue weighted by molar-refractivity contribution is -0.278. The van der Waals surface area contributed by atoms with Crippen LogP contribution in [-0.4, -0.2) is 28.8 Å². The lowest BCUT2D eigenvalue weighted by Crippen LogP contribution is -2.76. The number of hydrogen-bond acceptors (Lipinski definition) is 2. The zero-order chi connectivity index (χ0) is 15.1. The fraction of sp³-hybridized carbons (Fsp3) is 0.471. The molecule has 2 bridgehead atoms. The van der Waals surface area contributed by atoms with Gasteiger partial charge in [0.15, 0.2) is 11.1 Å². The molecule has 2 aliphatic carbocycles. The molecule has 22 heavy (non-hydrogen) atoms. The molecule has 0 unspecified atom stereocenters. The zero-order valence-corrected chi connectivity index (χ0v) is 13.3. The molecule has 1 saturated carbocycles. The number of carbonyl (C=O) groups is 1. The predicted octanol–water partition coefficient (Wildman–Crippen LogP) is 3.16. The number of amides is 1. The number of halogens is 2. The first-order valence-electron chi connectivity index (χ1n) is 7.69. The highest BCUT2D eigenvalue weighted by molar-refractivity contribution is 6.34. The van der Waals surface area contributed by atoms with Gasteiger partial charge in [-0.25, -0.2) is 0 Å². The number of rotatable bonds is 1. The Balaban J connectivity index is 1.59. The van der Waals surface area contributed by atoms with Gasteiger partial charge in [-0.3, -0.25) is 4.79 Å². The molecule has 0 spiro atoms. The fourth-order valence-corrected chi connectivity index (χ4v) is 5.20. The Bertz CT molecular complexity index is 688. The number of benzene rings is 1. The molecule has 0 radical (unpaired) electrons. The molecule has 3 fully saturated rings. The van der Waals surface area contributed by atoms with Gasteiger partial charge in [-0.15, -0.1) is 11.6 Å². The van der Waals surface area contributed by atoms with Gasteiger partial charge in [0.1, 0.15) is 0 Å². The van der Waals surface area contributed by atoms with Crippen LogP contribution in [0.2, 0.25) is 5.02 Å². The number of ether oxygens (including phenoxy) is 1. The van der Waals surface area contributed by atoms with E-state index in [1.807, 2.05) is 29.2 Å². The van der Waals surface area contributed by atoms with Crippen LogP contribution in [0.3, 0.4) is 0 Å². The number of allylic oxidation sites excluding steroid dienone is 1.